The van der Waals surface area contributed by atoms with Crippen molar-refractivity contribution in [3.8, 4) is 0 Å². The van der Waals surface area contributed by atoms with Crippen molar-refractivity contribution in [3.63, 3.8) is 0 Å². The summed E-state index contributed by atoms with van der Waals surface area (Å²) < 4.78 is 0. The molecular weight excluding hydrogens is 240 g/mol. The first-order chi connectivity index (χ1) is 8.92. The van der Waals surface area contributed by atoms with E-state index in [9.17, 15) is 0 Å². The summed E-state index contributed by atoms with van der Waals surface area (Å²) >= 11 is 1.95. The number of nitrogens with one attached hydrogen (secondary N) is 1. The summed E-state index contributed by atoms with van der Waals surface area (Å²) in [5, 5.41) is 3.52. The van der Waals surface area contributed by atoms with Crippen LogP contribution in [0.3, 0.4) is 0 Å². The SMILES string of the molecule is CSCCCCN1CCNCC1c1ccccc1. The molecule has 1 unspecified atom stereocenters. The number of piperazine rings is 1. The highest BCUT2D eigenvalue weighted by molar-refractivity contribution is 7.98. The third-order valence-corrected chi connectivity index (χ3v) is 4.28. The molecule has 1 fully saturated rings. The summed E-state index contributed by atoms with van der Waals surface area (Å²) in [5.74, 6) is 1.29. The number of unbranched alkanes of at least 4 members (excludes halogenated alkanes) is 1. The van der Waals surface area contributed by atoms with Gasteiger partial charge in [0.05, 0.1) is 0 Å². The van der Waals surface area contributed by atoms with Crippen LogP contribution in [0.1, 0.15) is 24.4 Å². The van der Waals surface area contributed by atoms with E-state index in [0.717, 1.165) is 13.1 Å². The van der Waals surface area contributed by atoms with Crippen molar-refractivity contribution in [1.82, 2.24) is 10.2 Å². The van der Waals surface area contributed by atoms with Crippen LogP contribution in [0.4, 0.5) is 0 Å². The second kappa shape index (κ2) is 7.82. The quantitative estimate of drug-likeness (QED) is 0.795. The predicted octanol–water partition coefficient (Wildman–Crippen LogP) is 2.78. The normalized spacial score (nSPS) is 21.1. The molecule has 1 N–H and O–H groups in total. The Morgan fingerprint density at radius 3 is 2.89 bits per heavy atom. The van der Waals surface area contributed by atoms with Crippen molar-refractivity contribution < 1.29 is 0 Å². The summed E-state index contributed by atoms with van der Waals surface area (Å²) in [6.45, 7) is 4.64. The molecule has 1 aliphatic heterocycles. The average molecular weight is 264 g/mol. The van der Waals surface area contributed by atoms with Gasteiger partial charge in [0.2, 0.25) is 0 Å². The molecule has 1 saturated heterocycles. The zero-order valence-electron chi connectivity index (χ0n) is 11.3. The lowest BCUT2D eigenvalue weighted by Gasteiger charge is -2.36. The third kappa shape index (κ3) is 4.01. The van der Waals surface area contributed by atoms with Crippen LogP contribution >= 0.6 is 11.8 Å². The molecule has 0 saturated carbocycles. The van der Waals surface area contributed by atoms with Crippen LogP contribution in [0.5, 0.6) is 0 Å². The fourth-order valence-electron chi connectivity index (χ4n) is 2.58. The average Bonchev–Trinajstić information content (AvgIpc) is 2.45. The summed E-state index contributed by atoms with van der Waals surface area (Å²) in [6, 6.07) is 11.5. The predicted molar refractivity (Wildman–Crippen MR) is 81.2 cm³/mol. The van der Waals surface area contributed by atoms with Crippen molar-refractivity contribution >= 4 is 11.8 Å². The Hall–Kier alpha value is -0.510. The molecule has 18 heavy (non-hydrogen) atoms. The van der Waals surface area contributed by atoms with Crippen LogP contribution in [-0.4, -0.2) is 43.1 Å². The molecule has 0 radical (unpaired) electrons. The van der Waals surface area contributed by atoms with E-state index in [4.69, 9.17) is 0 Å². The molecule has 0 bridgehead atoms. The van der Waals surface area contributed by atoms with Gasteiger partial charge >= 0.3 is 0 Å². The minimum absolute atomic E-state index is 0.564. The largest absolute Gasteiger partial charge is 0.314 e. The van der Waals surface area contributed by atoms with Crippen molar-refractivity contribution in [2.75, 3.05) is 38.2 Å². The zero-order chi connectivity index (χ0) is 12.6. The van der Waals surface area contributed by atoms with Gasteiger partial charge in [-0.25, -0.2) is 0 Å². The van der Waals surface area contributed by atoms with E-state index < -0.39 is 0 Å². The molecular formula is C15H24N2S. The second-order valence-corrected chi connectivity index (χ2v) is 5.85. The van der Waals surface area contributed by atoms with Gasteiger partial charge in [0.25, 0.3) is 0 Å². The topological polar surface area (TPSA) is 15.3 Å². The monoisotopic (exact) mass is 264 g/mol. The Balaban J connectivity index is 1.90. The highest BCUT2D eigenvalue weighted by Gasteiger charge is 2.22. The van der Waals surface area contributed by atoms with Crippen LogP contribution < -0.4 is 5.32 Å². The van der Waals surface area contributed by atoms with E-state index >= 15 is 0 Å². The Morgan fingerprint density at radius 2 is 2.11 bits per heavy atom. The summed E-state index contributed by atoms with van der Waals surface area (Å²) in [7, 11) is 0. The molecule has 1 aromatic rings. The summed E-state index contributed by atoms with van der Waals surface area (Å²) in [6.07, 6.45) is 4.86. The van der Waals surface area contributed by atoms with Crippen LogP contribution in [0.25, 0.3) is 0 Å². The molecule has 0 aliphatic carbocycles. The third-order valence-electron chi connectivity index (χ3n) is 3.58. The first kappa shape index (κ1) is 13.9. The molecule has 0 aromatic heterocycles. The standard InChI is InChI=1S/C15H24N2S/c1-18-12-6-5-10-17-11-9-16-13-15(17)14-7-3-2-4-8-14/h2-4,7-8,15-16H,5-6,9-13H2,1H3. The van der Waals surface area contributed by atoms with E-state index in [2.05, 4.69) is 46.8 Å². The van der Waals surface area contributed by atoms with Crippen molar-refractivity contribution in [1.29, 1.82) is 0 Å². The Morgan fingerprint density at radius 1 is 1.28 bits per heavy atom. The van der Waals surface area contributed by atoms with Gasteiger partial charge in [-0.05, 0) is 37.0 Å². The van der Waals surface area contributed by atoms with Gasteiger partial charge in [0.1, 0.15) is 0 Å². The smallest absolute Gasteiger partial charge is 0.0473 e. The number of hydrogen-bond donors (Lipinski definition) is 1. The van der Waals surface area contributed by atoms with Crippen molar-refractivity contribution in [3.05, 3.63) is 35.9 Å². The van der Waals surface area contributed by atoms with Crippen molar-refractivity contribution in [2.45, 2.75) is 18.9 Å². The molecule has 2 rings (SSSR count). The van der Waals surface area contributed by atoms with Gasteiger partial charge in [-0.15, -0.1) is 0 Å². The maximum Gasteiger partial charge on any atom is 0.0473 e. The van der Waals surface area contributed by atoms with Gasteiger partial charge < -0.3 is 5.32 Å². The minimum Gasteiger partial charge on any atom is -0.314 e. The molecule has 2 nitrogen and oxygen atoms in total. The van der Waals surface area contributed by atoms with E-state index in [1.54, 1.807) is 0 Å². The van der Waals surface area contributed by atoms with Crippen LogP contribution in [0, 0.1) is 0 Å². The lowest BCUT2D eigenvalue weighted by atomic mass is 10.0. The molecule has 1 aliphatic rings. The number of hydrogen-bond acceptors (Lipinski definition) is 3. The first-order valence-corrected chi connectivity index (χ1v) is 8.30. The highest BCUT2D eigenvalue weighted by Crippen LogP contribution is 2.22. The molecule has 1 atom stereocenters. The maximum atomic E-state index is 3.52. The van der Waals surface area contributed by atoms with E-state index in [-0.39, 0.29) is 0 Å². The molecule has 1 heterocycles. The van der Waals surface area contributed by atoms with Crippen LogP contribution in [-0.2, 0) is 0 Å². The summed E-state index contributed by atoms with van der Waals surface area (Å²) in [5.41, 5.74) is 1.45. The molecule has 100 valence electrons. The van der Waals surface area contributed by atoms with Gasteiger partial charge in [0, 0.05) is 25.7 Å². The van der Waals surface area contributed by atoms with Gasteiger partial charge in [-0.3, -0.25) is 4.90 Å². The molecule has 0 spiro atoms. The van der Waals surface area contributed by atoms with Gasteiger partial charge in [-0.2, -0.15) is 11.8 Å². The lowest BCUT2D eigenvalue weighted by molar-refractivity contribution is 0.160. The first-order valence-electron chi connectivity index (χ1n) is 6.90. The van der Waals surface area contributed by atoms with Gasteiger partial charge in [0.15, 0.2) is 0 Å². The number of rotatable bonds is 6. The lowest BCUT2D eigenvalue weighted by Crippen LogP contribution is -2.46. The van der Waals surface area contributed by atoms with Crippen LogP contribution in [0.15, 0.2) is 30.3 Å². The molecule has 0 amide bonds. The van der Waals surface area contributed by atoms with Gasteiger partial charge in [-0.1, -0.05) is 30.3 Å². The van der Waals surface area contributed by atoms with E-state index in [1.165, 1.54) is 37.2 Å². The molecule has 3 heteroatoms. The fourth-order valence-corrected chi connectivity index (χ4v) is 3.07. The van der Waals surface area contributed by atoms with E-state index in [1.807, 2.05) is 11.8 Å². The fraction of sp³-hybridized carbons (Fsp3) is 0.600. The van der Waals surface area contributed by atoms with E-state index in [0.29, 0.717) is 6.04 Å². The number of benzene rings is 1. The molecule has 1 aromatic carbocycles. The highest BCUT2D eigenvalue weighted by atomic mass is 32.2. The Bertz CT molecular complexity index is 329. The second-order valence-electron chi connectivity index (χ2n) is 4.87. The Kier molecular flexibility index (Phi) is 6.05. The number of nitrogens with zero attached hydrogens (tertiary/aromatic N) is 1. The van der Waals surface area contributed by atoms with Crippen molar-refractivity contribution in [2.24, 2.45) is 0 Å². The van der Waals surface area contributed by atoms with Crippen LogP contribution in [0.2, 0.25) is 0 Å². The minimum atomic E-state index is 0.564. The Labute approximate surface area is 115 Å². The number of thioether (sulfide) groups is 1. The summed E-state index contributed by atoms with van der Waals surface area (Å²) in [4.78, 5) is 2.64. The zero-order valence-corrected chi connectivity index (χ0v) is 12.1. The maximum absolute atomic E-state index is 3.52.